The molecule has 0 saturated carbocycles. The van der Waals surface area contributed by atoms with Crippen molar-refractivity contribution >= 4 is 34.2 Å². The van der Waals surface area contributed by atoms with Crippen molar-refractivity contribution in [1.82, 2.24) is 0 Å². The molecule has 0 aliphatic heterocycles. The Morgan fingerprint density at radius 3 is 2.00 bits per heavy atom. The molecular weight excluding hydrogens is 397 g/mol. The lowest BCUT2D eigenvalue weighted by Crippen LogP contribution is -2.13. The Balaban J connectivity index is 2.33. The van der Waals surface area contributed by atoms with E-state index >= 15 is 0 Å². The summed E-state index contributed by atoms with van der Waals surface area (Å²) >= 11 is 2.21. The number of carbonyl (C=O) groups excluding carboxylic acids is 1. The van der Waals surface area contributed by atoms with Crippen LogP contribution in [0.3, 0.4) is 0 Å². The molecule has 0 aliphatic rings. The zero-order valence-electron chi connectivity index (χ0n) is 12.5. The Hall–Kier alpha value is -1.96. The zero-order chi connectivity index (χ0) is 16.1. The third kappa shape index (κ3) is 3.62. The number of ether oxygens (including phenoxy) is 3. The van der Waals surface area contributed by atoms with Crippen LogP contribution < -0.4 is 19.5 Å². The summed E-state index contributed by atoms with van der Waals surface area (Å²) in [7, 11) is 4.55. The molecule has 0 spiro atoms. The summed E-state index contributed by atoms with van der Waals surface area (Å²) in [5.74, 6) is 1.11. The minimum Gasteiger partial charge on any atom is -0.496 e. The Labute approximate surface area is 142 Å². The largest absolute Gasteiger partial charge is 0.496 e. The van der Waals surface area contributed by atoms with Crippen LogP contribution in [0.25, 0.3) is 0 Å². The third-order valence-corrected chi connectivity index (χ3v) is 3.77. The van der Waals surface area contributed by atoms with Gasteiger partial charge in [-0.15, -0.1) is 0 Å². The van der Waals surface area contributed by atoms with Gasteiger partial charge in [-0.3, -0.25) is 4.79 Å². The van der Waals surface area contributed by atoms with Crippen molar-refractivity contribution in [2.75, 3.05) is 26.6 Å². The van der Waals surface area contributed by atoms with E-state index in [-0.39, 0.29) is 5.91 Å². The molecule has 0 unspecified atom stereocenters. The summed E-state index contributed by atoms with van der Waals surface area (Å²) in [5.41, 5.74) is 1.08. The van der Waals surface area contributed by atoms with Crippen LogP contribution in [0.2, 0.25) is 0 Å². The minimum atomic E-state index is -0.279. The number of halogens is 1. The number of anilines is 1. The highest BCUT2D eigenvalue weighted by atomic mass is 127. The molecule has 0 fully saturated rings. The lowest BCUT2D eigenvalue weighted by molar-refractivity contribution is 0.102. The topological polar surface area (TPSA) is 56.8 Å². The third-order valence-electron chi connectivity index (χ3n) is 3.05. The Kier molecular flexibility index (Phi) is 5.48. The van der Waals surface area contributed by atoms with Crippen LogP contribution in [0.15, 0.2) is 36.4 Å². The highest BCUT2D eigenvalue weighted by molar-refractivity contribution is 14.1. The fourth-order valence-corrected chi connectivity index (χ4v) is 2.30. The smallest absolute Gasteiger partial charge is 0.259 e. The summed E-state index contributed by atoms with van der Waals surface area (Å²) in [6.07, 6.45) is 0. The number of hydrogen-bond donors (Lipinski definition) is 1. The quantitative estimate of drug-likeness (QED) is 0.762. The molecule has 22 heavy (non-hydrogen) atoms. The standard InChI is InChI=1S/C16H16INO4/c1-20-13-9-15(22-3)14(21-2)8-12(13)16(19)18-11-6-4-10(17)5-7-11/h4-9H,1-3H3,(H,18,19). The van der Waals surface area contributed by atoms with E-state index in [0.717, 1.165) is 3.57 Å². The van der Waals surface area contributed by atoms with Gasteiger partial charge >= 0.3 is 0 Å². The second-order valence-electron chi connectivity index (χ2n) is 4.37. The van der Waals surface area contributed by atoms with Gasteiger partial charge in [0.15, 0.2) is 11.5 Å². The summed E-state index contributed by atoms with van der Waals surface area (Å²) in [6.45, 7) is 0. The average Bonchev–Trinajstić information content (AvgIpc) is 2.55. The second kappa shape index (κ2) is 7.35. The van der Waals surface area contributed by atoms with Crippen molar-refractivity contribution in [2.24, 2.45) is 0 Å². The zero-order valence-corrected chi connectivity index (χ0v) is 14.6. The molecule has 2 rings (SSSR count). The number of nitrogens with one attached hydrogen (secondary N) is 1. The predicted molar refractivity (Wildman–Crippen MR) is 93.2 cm³/mol. The van der Waals surface area contributed by atoms with Gasteiger partial charge < -0.3 is 19.5 Å². The Bertz CT molecular complexity index is 671. The molecule has 2 aromatic carbocycles. The number of hydrogen-bond acceptors (Lipinski definition) is 4. The van der Waals surface area contributed by atoms with Crippen LogP contribution in [-0.4, -0.2) is 27.2 Å². The van der Waals surface area contributed by atoms with E-state index < -0.39 is 0 Å². The maximum Gasteiger partial charge on any atom is 0.259 e. The van der Waals surface area contributed by atoms with Gasteiger partial charge in [0, 0.05) is 21.4 Å². The number of benzene rings is 2. The summed E-state index contributed by atoms with van der Waals surface area (Å²) in [6, 6.07) is 10.7. The first-order valence-corrected chi connectivity index (χ1v) is 7.54. The number of amides is 1. The molecule has 0 atom stereocenters. The molecule has 0 saturated heterocycles. The van der Waals surface area contributed by atoms with Gasteiger partial charge in [-0.1, -0.05) is 0 Å². The molecule has 2 aromatic rings. The van der Waals surface area contributed by atoms with Crippen LogP contribution >= 0.6 is 22.6 Å². The van der Waals surface area contributed by atoms with Crippen LogP contribution in [0, 0.1) is 3.57 Å². The van der Waals surface area contributed by atoms with Gasteiger partial charge in [0.2, 0.25) is 0 Å². The second-order valence-corrected chi connectivity index (χ2v) is 5.61. The van der Waals surface area contributed by atoms with E-state index in [2.05, 4.69) is 27.9 Å². The SMILES string of the molecule is COc1cc(OC)c(C(=O)Nc2ccc(I)cc2)cc1OC. The fraction of sp³-hybridized carbons (Fsp3) is 0.188. The number of rotatable bonds is 5. The lowest BCUT2D eigenvalue weighted by Gasteiger charge is -2.14. The van der Waals surface area contributed by atoms with Crippen LogP contribution in [0.5, 0.6) is 17.2 Å². The number of carbonyl (C=O) groups is 1. The van der Waals surface area contributed by atoms with E-state index in [4.69, 9.17) is 14.2 Å². The van der Waals surface area contributed by atoms with E-state index in [1.54, 1.807) is 12.1 Å². The van der Waals surface area contributed by atoms with E-state index in [1.807, 2.05) is 24.3 Å². The molecule has 116 valence electrons. The molecule has 6 heteroatoms. The van der Waals surface area contributed by atoms with Gasteiger partial charge in [0.25, 0.3) is 5.91 Å². The van der Waals surface area contributed by atoms with Gasteiger partial charge in [-0.05, 0) is 46.9 Å². The van der Waals surface area contributed by atoms with E-state index in [1.165, 1.54) is 21.3 Å². The van der Waals surface area contributed by atoms with Crippen molar-refractivity contribution in [3.05, 3.63) is 45.5 Å². The highest BCUT2D eigenvalue weighted by Gasteiger charge is 2.17. The molecule has 0 bridgehead atoms. The minimum absolute atomic E-state index is 0.279. The first-order valence-electron chi connectivity index (χ1n) is 6.46. The van der Waals surface area contributed by atoms with E-state index in [0.29, 0.717) is 28.5 Å². The van der Waals surface area contributed by atoms with Gasteiger partial charge in [-0.25, -0.2) is 0 Å². The van der Waals surface area contributed by atoms with Crippen molar-refractivity contribution in [1.29, 1.82) is 0 Å². The Morgan fingerprint density at radius 2 is 1.45 bits per heavy atom. The fourth-order valence-electron chi connectivity index (χ4n) is 1.94. The van der Waals surface area contributed by atoms with Gasteiger partial charge in [0.1, 0.15) is 5.75 Å². The molecule has 0 radical (unpaired) electrons. The van der Waals surface area contributed by atoms with Crippen molar-refractivity contribution in [2.45, 2.75) is 0 Å². The van der Waals surface area contributed by atoms with Gasteiger partial charge in [-0.2, -0.15) is 0 Å². The highest BCUT2D eigenvalue weighted by Crippen LogP contribution is 2.34. The predicted octanol–water partition coefficient (Wildman–Crippen LogP) is 3.57. The van der Waals surface area contributed by atoms with Crippen molar-refractivity contribution in [3.63, 3.8) is 0 Å². The van der Waals surface area contributed by atoms with Crippen LogP contribution in [0.4, 0.5) is 5.69 Å². The average molecular weight is 413 g/mol. The molecule has 1 amide bonds. The van der Waals surface area contributed by atoms with Crippen molar-refractivity contribution < 1.29 is 19.0 Å². The summed E-state index contributed by atoms with van der Waals surface area (Å²) < 4.78 is 16.8. The van der Waals surface area contributed by atoms with Gasteiger partial charge in [0.05, 0.1) is 26.9 Å². The lowest BCUT2D eigenvalue weighted by atomic mass is 10.1. The number of methoxy groups -OCH3 is 3. The van der Waals surface area contributed by atoms with Crippen molar-refractivity contribution in [3.8, 4) is 17.2 Å². The summed E-state index contributed by atoms with van der Waals surface area (Å²) in [5, 5.41) is 2.83. The maximum atomic E-state index is 12.5. The molecule has 0 aromatic heterocycles. The molecular formula is C16H16INO4. The monoisotopic (exact) mass is 413 g/mol. The maximum absolute atomic E-state index is 12.5. The van der Waals surface area contributed by atoms with Crippen LogP contribution in [0.1, 0.15) is 10.4 Å². The first kappa shape index (κ1) is 16.4. The molecule has 1 N–H and O–H groups in total. The normalized spacial score (nSPS) is 10.0. The molecule has 5 nitrogen and oxygen atoms in total. The molecule has 0 heterocycles. The molecule has 0 aliphatic carbocycles. The van der Waals surface area contributed by atoms with Crippen LogP contribution in [-0.2, 0) is 0 Å². The van der Waals surface area contributed by atoms with E-state index in [9.17, 15) is 4.79 Å². The first-order chi connectivity index (χ1) is 10.6. The summed E-state index contributed by atoms with van der Waals surface area (Å²) in [4.78, 5) is 12.5. The Morgan fingerprint density at radius 1 is 0.909 bits per heavy atom.